The monoisotopic (exact) mass is 337 g/mol. The van der Waals surface area contributed by atoms with Gasteiger partial charge in [0.2, 0.25) is 0 Å². The number of carbonyl (C=O) groups excluding carboxylic acids is 2. The summed E-state index contributed by atoms with van der Waals surface area (Å²) in [5.41, 5.74) is 0. The average molecular weight is 338 g/mol. The van der Waals surface area contributed by atoms with Crippen LogP contribution in [0.15, 0.2) is 36.4 Å². The van der Waals surface area contributed by atoms with Gasteiger partial charge in [-0.05, 0) is 43.5 Å². The number of carbonyl (C=O) groups is 2. The van der Waals surface area contributed by atoms with Gasteiger partial charge in [-0.15, -0.1) is 0 Å². The molecule has 0 saturated heterocycles. The molecule has 1 amide bonds. The Morgan fingerprint density at radius 3 is 2.70 bits per heavy atom. The van der Waals surface area contributed by atoms with Gasteiger partial charge in [0, 0.05) is 5.02 Å². The van der Waals surface area contributed by atoms with E-state index in [1.807, 2.05) is 6.08 Å². The predicted molar refractivity (Wildman–Crippen MR) is 87.4 cm³/mol. The Morgan fingerprint density at radius 1 is 1.22 bits per heavy atom. The molecule has 1 aromatic carbocycles. The quantitative estimate of drug-likeness (QED) is 0.472. The van der Waals surface area contributed by atoms with Gasteiger partial charge in [-0.25, -0.2) is 0 Å². The number of nitrogens with one attached hydrogen (secondary N) is 1. The molecule has 0 heterocycles. The fourth-order valence-electron chi connectivity index (χ4n) is 2.20. The molecule has 1 aromatic rings. The number of hydrogen-bond acceptors (Lipinski definition) is 4. The molecule has 0 aliphatic heterocycles. The second-order valence-electron chi connectivity index (χ2n) is 5.24. The lowest BCUT2D eigenvalue weighted by atomic mass is 9.95. The lowest BCUT2D eigenvalue weighted by Crippen LogP contribution is -2.33. The van der Waals surface area contributed by atoms with E-state index in [1.165, 1.54) is 0 Å². The van der Waals surface area contributed by atoms with E-state index in [0.29, 0.717) is 30.3 Å². The first-order valence-electron chi connectivity index (χ1n) is 7.62. The van der Waals surface area contributed by atoms with Crippen molar-refractivity contribution in [2.75, 3.05) is 19.8 Å². The first-order valence-corrected chi connectivity index (χ1v) is 7.99. The van der Waals surface area contributed by atoms with Crippen molar-refractivity contribution in [3.8, 4) is 5.75 Å². The van der Waals surface area contributed by atoms with Crippen LogP contribution in [0.3, 0.4) is 0 Å². The third-order valence-electron chi connectivity index (χ3n) is 3.45. The Kier molecular flexibility index (Phi) is 6.94. The number of amides is 1. The van der Waals surface area contributed by atoms with Crippen molar-refractivity contribution < 1.29 is 19.1 Å². The third kappa shape index (κ3) is 6.32. The van der Waals surface area contributed by atoms with E-state index in [-0.39, 0.29) is 24.4 Å². The van der Waals surface area contributed by atoms with Gasteiger partial charge in [0.05, 0.1) is 12.5 Å². The number of esters is 1. The fourth-order valence-corrected chi connectivity index (χ4v) is 2.33. The van der Waals surface area contributed by atoms with Crippen LogP contribution in [0.4, 0.5) is 0 Å². The molecule has 6 heteroatoms. The lowest BCUT2D eigenvalue weighted by molar-refractivity contribution is -0.152. The molecule has 0 fully saturated rings. The van der Waals surface area contributed by atoms with E-state index in [1.54, 1.807) is 24.3 Å². The number of hydrogen-bond donors (Lipinski definition) is 1. The largest absolute Gasteiger partial charge is 0.492 e. The summed E-state index contributed by atoms with van der Waals surface area (Å²) in [4.78, 5) is 23.4. The van der Waals surface area contributed by atoms with Gasteiger partial charge in [0.15, 0.2) is 6.61 Å². The Morgan fingerprint density at radius 2 is 2.00 bits per heavy atom. The molecule has 0 bridgehead atoms. The molecule has 0 unspecified atom stereocenters. The maximum atomic E-state index is 11.8. The summed E-state index contributed by atoms with van der Waals surface area (Å²) in [6, 6.07) is 6.97. The minimum Gasteiger partial charge on any atom is -0.492 e. The van der Waals surface area contributed by atoms with Crippen LogP contribution >= 0.6 is 11.6 Å². The van der Waals surface area contributed by atoms with Crippen LogP contribution < -0.4 is 10.1 Å². The Labute approximate surface area is 140 Å². The maximum Gasteiger partial charge on any atom is 0.309 e. The molecule has 5 nitrogen and oxygen atoms in total. The maximum absolute atomic E-state index is 11.8. The molecule has 23 heavy (non-hydrogen) atoms. The molecule has 0 aromatic heterocycles. The molecule has 0 saturated carbocycles. The Hall–Kier alpha value is -2.01. The van der Waals surface area contributed by atoms with Crippen molar-refractivity contribution in [3.05, 3.63) is 41.4 Å². The van der Waals surface area contributed by atoms with Crippen molar-refractivity contribution in [1.29, 1.82) is 0 Å². The summed E-state index contributed by atoms with van der Waals surface area (Å²) in [6.45, 7) is 0.417. The summed E-state index contributed by atoms with van der Waals surface area (Å²) >= 11 is 5.77. The summed E-state index contributed by atoms with van der Waals surface area (Å²) in [7, 11) is 0. The molecular weight excluding hydrogens is 318 g/mol. The van der Waals surface area contributed by atoms with Crippen LogP contribution in [0.25, 0.3) is 0 Å². The number of allylic oxidation sites excluding steroid dienone is 2. The number of rotatable bonds is 7. The zero-order valence-corrected chi connectivity index (χ0v) is 13.6. The van der Waals surface area contributed by atoms with Gasteiger partial charge in [-0.3, -0.25) is 9.59 Å². The topological polar surface area (TPSA) is 64.6 Å². The van der Waals surface area contributed by atoms with Crippen LogP contribution in [-0.2, 0) is 14.3 Å². The molecular formula is C17H20ClNO4. The van der Waals surface area contributed by atoms with Crippen molar-refractivity contribution in [1.82, 2.24) is 5.32 Å². The second-order valence-corrected chi connectivity index (χ2v) is 5.68. The van der Waals surface area contributed by atoms with Gasteiger partial charge in [-0.2, -0.15) is 0 Å². The van der Waals surface area contributed by atoms with E-state index in [0.717, 1.165) is 12.8 Å². The minimum absolute atomic E-state index is 0.124. The smallest absolute Gasteiger partial charge is 0.309 e. The zero-order valence-electron chi connectivity index (χ0n) is 12.8. The molecule has 1 atom stereocenters. The SMILES string of the molecule is O=C(COC(=O)[C@@H]1CC=CCC1)NCCOc1ccc(Cl)cc1. The van der Waals surface area contributed by atoms with E-state index >= 15 is 0 Å². The number of ether oxygens (including phenoxy) is 2. The molecule has 1 aliphatic carbocycles. The van der Waals surface area contributed by atoms with Gasteiger partial charge in [0.25, 0.3) is 5.91 Å². The number of benzene rings is 1. The Bertz CT molecular complexity index is 556. The van der Waals surface area contributed by atoms with Gasteiger partial charge >= 0.3 is 5.97 Å². The van der Waals surface area contributed by atoms with Gasteiger partial charge in [0.1, 0.15) is 12.4 Å². The molecule has 124 valence electrons. The first-order chi connectivity index (χ1) is 11.1. The third-order valence-corrected chi connectivity index (χ3v) is 3.71. The van der Waals surface area contributed by atoms with Crippen LogP contribution in [-0.4, -0.2) is 31.6 Å². The molecule has 1 N–H and O–H groups in total. The first kappa shape index (κ1) is 17.3. The van der Waals surface area contributed by atoms with Crippen LogP contribution in [0.2, 0.25) is 5.02 Å². The highest BCUT2D eigenvalue weighted by molar-refractivity contribution is 6.30. The summed E-state index contributed by atoms with van der Waals surface area (Å²) in [5.74, 6) is -0.0761. The fraction of sp³-hybridized carbons (Fsp3) is 0.412. The van der Waals surface area contributed by atoms with Gasteiger partial charge < -0.3 is 14.8 Å². The van der Waals surface area contributed by atoms with Crippen LogP contribution in [0.5, 0.6) is 5.75 Å². The number of halogens is 1. The van der Waals surface area contributed by atoms with Gasteiger partial charge in [-0.1, -0.05) is 23.8 Å². The highest BCUT2D eigenvalue weighted by Gasteiger charge is 2.20. The van der Waals surface area contributed by atoms with Crippen LogP contribution in [0.1, 0.15) is 19.3 Å². The molecule has 2 rings (SSSR count). The van der Waals surface area contributed by atoms with Crippen molar-refractivity contribution in [3.63, 3.8) is 0 Å². The lowest BCUT2D eigenvalue weighted by Gasteiger charge is -2.16. The van der Waals surface area contributed by atoms with Crippen LogP contribution in [0, 0.1) is 5.92 Å². The minimum atomic E-state index is -0.329. The van der Waals surface area contributed by atoms with E-state index in [9.17, 15) is 9.59 Å². The normalized spacial score (nSPS) is 16.7. The van der Waals surface area contributed by atoms with E-state index < -0.39 is 0 Å². The second kappa shape index (κ2) is 9.20. The summed E-state index contributed by atoms with van der Waals surface area (Å²) in [5, 5.41) is 3.28. The highest BCUT2D eigenvalue weighted by Crippen LogP contribution is 2.19. The van der Waals surface area contributed by atoms with Crippen molar-refractivity contribution in [2.45, 2.75) is 19.3 Å². The molecule has 0 spiro atoms. The summed E-state index contributed by atoms with van der Waals surface area (Å²) in [6.07, 6.45) is 6.38. The molecule has 1 aliphatic rings. The average Bonchev–Trinajstić information content (AvgIpc) is 2.59. The Balaban J connectivity index is 1.57. The predicted octanol–water partition coefficient (Wildman–Crippen LogP) is 2.73. The zero-order chi connectivity index (χ0) is 16.5. The van der Waals surface area contributed by atoms with E-state index in [2.05, 4.69) is 11.4 Å². The standard InChI is InChI=1S/C17H20ClNO4/c18-14-6-8-15(9-7-14)22-11-10-19-16(20)12-23-17(21)13-4-2-1-3-5-13/h1-2,6-9,13H,3-5,10-12H2,(H,19,20)/t13-/m1/s1. The van der Waals surface area contributed by atoms with E-state index in [4.69, 9.17) is 21.1 Å². The highest BCUT2D eigenvalue weighted by atomic mass is 35.5. The molecule has 0 radical (unpaired) electrons. The van der Waals surface area contributed by atoms with Crippen molar-refractivity contribution in [2.24, 2.45) is 5.92 Å². The summed E-state index contributed by atoms with van der Waals surface area (Å²) < 4.78 is 10.5. The van der Waals surface area contributed by atoms with Crippen molar-refractivity contribution >= 4 is 23.5 Å².